The average molecular weight is 318 g/mol. The van der Waals surface area contributed by atoms with Crippen LogP contribution in [0.3, 0.4) is 0 Å². The highest BCUT2D eigenvalue weighted by molar-refractivity contribution is 6.06. The number of rotatable bonds is 3. The van der Waals surface area contributed by atoms with Crippen molar-refractivity contribution in [3.05, 3.63) is 59.7 Å². The molecule has 0 saturated heterocycles. The van der Waals surface area contributed by atoms with Gasteiger partial charge in [0.2, 0.25) is 0 Å². The van der Waals surface area contributed by atoms with Crippen molar-refractivity contribution in [3.63, 3.8) is 0 Å². The summed E-state index contributed by atoms with van der Waals surface area (Å²) in [5.41, 5.74) is 1.93. The van der Waals surface area contributed by atoms with Crippen LogP contribution in [-0.4, -0.2) is 5.11 Å². The first kappa shape index (κ1) is 15.7. The lowest BCUT2D eigenvalue weighted by molar-refractivity contribution is 0.00210. The summed E-state index contributed by atoms with van der Waals surface area (Å²) >= 11 is 0. The first-order valence-corrected chi connectivity index (χ1v) is 9.40. The Hall–Kier alpha value is -1.86. The fourth-order valence-electron chi connectivity index (χ4n) is 4.63. The molecule has 0 heterocycles. The van der Waals surface area contributed by atoms with Crippen molar-refractivity contribution in [2.45, 2.75) is 57.5 Å². The predicted octanol–water partition coefficient (Wildman–Crippen LogP) is 6.10. The van der Waals surface area contributed by atoms with Gasteiger partial charge in [-0.15, -0.1) is 0 Å². The summed E-state index contributed by atoms with van der Waals surface area (Å²) in [6.07, 6.45) is 7.47. The van der Waals surface area contributed by atoms with E-state index in [0.29, 0.717) is 0 Å². The first-order chi connectivity index (χ1) is 11.7. The second-order valence-electron chi connectivity index (χ2n) is 7.29. The molecule has 0 amide bonds. The molecule has 0 spiro atoms. The van der Waals surface area contributed by atoms with Gasteiger partial charge >= 0.3 is 0 Å². The summed E-state index contributed by atoms with van der Waals surface area (Å²) in [6, 6.07) is 17.4. The number of fused-ring (bicyclic) bond motifs is 2. The van der Waals surface area contributed by atoms with Gasteiger partial charge in [-0.1, -0.05) is 81.1 Å². The Kier molecular flexibility index (Phi) is 4.05. The molecule has 3 aromatic carbocycles. The fourth-order valence-corrected chi connectivity index (χ4v) is 4.63. The van der Waals surface area contributed by atoms with Gasteiger partial charge in [0.1, 0.15) is 0 Å². The minimum Gasteiger partial charge on any atom is -0.385 e. The van der Waals surface area contributed by atoms with E-state index in [2.05, 4.69) is 55.5 Å². The Morgan fingerprint density at radius 1 is 0.792 bits per heavy atom. The van der Waals surface area contributed by atoms with Crippen LogP contribution in [0.4, 0.5) is 0 Å². The molecule has 3 aromatic rings. The lowest BCUT2D eigenvalue weighted by atomic mass is 9.75. The fraction of sp³-hybridized carbons (Fsp3) is 0.391. The van der Waals surface area contributed by atoms with Crippen molar-refractivity contribution < 1.29 is 5.11 Å². The van der Waals surface area contributed by atoms with Crippen LogP contribution in [0.5, 0.6) is 0 Å². The zero-order valence-electron chi connectivity index (χ0n) is 14.5. The van der Waals surface area contributed by atoms with Crippen molar-refractivity contribution in [1.29, 1.82) is 0 Å². The standard InChI is InChI=1S/C23H26O/c1-2-10-17-18-11-4-6-13-20(18)22(21-14-7-5-12-19(17)21)23(24)15-8-3-9-16-23/h4-7,11-14,24H,2-3,8-10,15-16H2,1H3. The average Bonchev–Trinajstić information content (AvgIpc) is 2.62. The molecule has 0 aliphatic heterocycles. The van der Waals surface area contributed by atoms with Gasteiger partial charge in [-0.05, 0) is 51.9 Å². The highest BCUT2D eigenvalue weighted by atomic mass is 16.3. The SMILES string of the molecule is CCCc1c2ccccc2c(C2(O)CCCCC2)c2ccccc12. The highest BCUT2D eigenvalue weighted by Gasteiger charge is 2.34. The minimum absolute atomic E-state index is 0.678. The molecule has 1 nitrogen and oxygen atoms in total. The van der Waals surface area contributed by atoms with Crippen molar-refractivity contribution in [1.82, 2.24) is 0 Å². The van der Waals surface area contributed by atoms with E-state index in [1.165, 1.54) is 39.1 Å². The zero-order chi connectivity index (χ0) is 16.6. The molecule has 0 bridgehead atoms. The monoisotopic (exact) mass is 318 g/mol. The number of aryl methyl sites for hydroxylation is 1. The molecule has 0 atom stereocenters. The Bertz CT molecular complexity index is 815. The first-order valence-electron chi connectivity index (χ1n) is 9.40. The number of hydrogen-bond acceptors (Lipinski definition) is 1. The van der Waals surface area contributed by atoms with Gasteiger partial charge in [0.25, 0.3) is 0 Å². The molecule has 0 unspecified atom stereocenters. The van der Waals surface area contributed by atoms with Crippen molar-refractivity contribution in [2.75, 3.05) is 0 Å². The predicted molar refractivity (Wildman–Crippen MR) is 102 cm³/mol. The Morgan fingerprint density at radius 3 is 1.79 bits per heavy atom. The smallest absolute Gasteiger partial charge is 0.0908 e. The molecule has 1 fully saturated rings. The molecule has 0 aromatic heterocycles. The van der Waals surface area contributed by atoms with E-state index >= 15 is 0 Å². The molecule has 124 valence electrons. The molecule has 1 heteroatoms. The van der Waals surface area contributed by atoms with Crippen molar-refractivity contribution >= 4 is 21.5 Å². The van der Waals surface area contributed by atoms with E-state index in [9.17, 15) is 5.11 Å². The van der Waals surface area contributed by atoms with E-state index in [1.807, 2.05) is 0 Å². The Labute approximate surface area is 144 Å². The van der Waals surface area contributed by atoms with E-state index in [4.69, 9.17) is 0 Å². The second kappa shape index (κ2) is 6.22. The van der Waals surface area contributed by atoms with Crippen LogP contribution in [-0.2, 0) is 12.0 Å². The summed E-state index contributed by atoms with van der Waals surface area (Å²) in [7, 11) is 0. The molecule has 4 rings (SSSR count). The molecule has 1 aliphatic carbocycles. The van der Waals surface area contributed by atoms with Crippen LogP contribution >= 0.6 is 0 Å². The third-order valence-corrected chi connectivity index (χ3v) is 5.69. The lowest BCUT2D eigenvalue weighted by Gasteiger charge is -2.35. The van der Waals surface area contributed by atoms with Gasteiger partial charge < -0.3 is 5.11 Å². The maximum Gasteiger partial charge on any atom is 0.0908 e. The number of benzene rings is 3. The molecule has 24 heavy (non-hydrogen) atoms. The van der Waals surface area contributed by atoms with Gasteiger partial charge in [-0.3, -0.25) is 0 Å². The molecule has 1 saturated carbocycles. The van der Waals surface area contributed by atoms with Crippen LogP contribution in [0.1, 0.15) is 56.6 Å². The van der Waals surface area contributed by atoms with Gasteiger partial charge in [0.05, 0.1) is 5.60 Å². The van der Waals surface area contributed by atoms with Crippen LogP contribution in [0.25, 0.3) is 21.5 Å². The lowest BCUT2D eigenvalue weighted by Crippen LogP contribution is -2.29. The Morgan fingerprint density at radius 2 is 1.29 bits per heavy atom. The number of aliphatic hydroxyl groups is 1. The highest BCUT2D eigenvalue weighted by Crippen LogP contribution is 2.45. The zero-order valence-corrected chi connectivity index (χ0v) is 14.5. The summed E-state index contributed by atoms with van der Waals surface area (Å²) in [5, 5.41) is 16.7. The van der Waals surface area contributed by atoms with Crippen LogP contribution in [0.15, 0.2) is 48.5 Å². The van der Waals surface area contributed by atoms with E-state index in [0.717, 1.165) is 38.5 Å². The second-order valence-corrected chi connectivity index (χ2v) is 7.29. The maximum atomic E-state index is 11.6. The largest absolute Gasteiger partial charge is 0.385 e. The van der Waals surface area contributed by atoms with Gasteiger partial charge in [0, 0.05) is 0 Å². The van der Waals surface area contributed by atoms with Crippen molar-refractivity contribution in [2.24, 2.45) is 0 Å². The molecular weight excluding hydrogens is 292 g/mol. The van der Waals surface area contributed by atoms with E-state index < -0.39 is 5.60 Å². The summed E-state index contributed by atoms with van der Waals surface area (Å²) in [4.78, 5) is 0. The summed E-state index contributed by atoms with van der Waals surface area (Å²) in [5.74, 6) is 0. The molecule has 1 N–H and O–H groups in total. The minimum atomic E-state index is -0.678. The summed E-state index contributed by atoms with van der Waals surface area (Å²) in [6.45, 7) is 2.24. The van der Waals surface area contributed by atoms with Crippen LogP contribution in [0.2, 0.25) is 0 Å². The van der Waals surface area contributed by atoms with E-state index in [-0.39, 0.29) is 0 Å². The third kappa shape index (κ3) is 2.43. The third-order valence-electron chi connectivity index (χ3n) is 5.69. The van der Waals surface area contributed by atoms with Gasteiger partial charge in [-0.25, -0.2) is 0 Å². The van der Waals surface area contributed by atoms with Crippen molar-refractivity contribution in [3.8, 4) is 0 Å². The van der Waals surface area contributed by atoms with E-state index in [1.54, 1.807) is 0 Å². The molecule has 0 radical (unpaired) electrons. The molecular formula is C23H26O. The topological polar surface area (TPSA) is 20.2 Å². The van der Waals surface area contributed by atoms with Crippen LogP contribution in [0, 0.1) is 0 Å². The normalized spacial score (nSPS) is 17.4. The van der Waals surface area contributed by atoms with Gasteiger partial charge in [-0.2, -0.15) is 0 Å². The summed E-state index contributed by atoms with van der Waals surface area (Å²) < 4.78 is 0. The number of hydrogen-bond donors (Lipinski definition) is 1. The maximum absolute atomic E-state index is 11.6. The quantitative estimate of drug-likeness (QED) is 0.579. The van der Waals surface area contributed by atoms with Crippen LogP contribution < -0.4 is 0 Å². The molecule has 1 aliphatic rings. The van der Waals surface area contributed by atoms with Gasteiger partial charge in [0.15, 0.2) is 0 Å². The Balaban J connectivity index is 2.13.